The molecule has 0 saturated heterocycles. The van der Waals surface area contributed by atoms with Crippen LogP contribution >= 0.6 is 0 Å². The van der Waals surface area contributed by atoms with Crippen LogP contribution in [0.3, 0.4) is 0 Å². The van der Waals surface area contributed by atoms with Gasteiger partial charge in [0.15, 0.2) is 0 Å². The fourth-order valence-corrected chi connectivity index (χ4v) is 1.87. The molecule has 2 rings (SSSR count). The predicted molar refractivity (Wildman–Crippen MR) is 72.7 cm³/mol. The van der Waals surface area contributed by atoms with E-state index in [0.29, 0.717) is 5.56 Å². The molecule has 1 heterocycles. The van der Waals surface area contributed by atoms with Crippen molar-refractivity contribution in [3.8, 4) is 0 Å². The number of nitrogens with zero attached hydrogens (tertiary/aromatic N) is 1. The highest BCUT2D eigenvalue weighted by Gasteiger charge is 2.10. The average Bonchev–Trinajstić information content (AvgIpc) is 2.39. The summed E-state index contributed by atoms with van der Waals surface area (Å²) in [4.78, 5) is 16.2. The second-order valence-corrected chi connectivity index (χ2v) is 4.16. The van der Waals surface area contributed by atoms with E-state index < -0.39 is 0 Å². The molecule has 92 valence electrons. The maximum Gasteiger partial charge on any atom is 0.256 e. The Morgan fingerprint density at radius 2 is 2.06 bits per heavy atom. The fraction of sp³-hybridized carbons (Fsp3) is 0.200. The number of carbonyl (C=O) groups excluding carboxylic acids is 1. The van der Waals surface area contributed by atoms with Gasteiger partial charge >= 0.3 is 0 Å². The first-order valence-electron chi connectivity index (χ1n) is 6.02. The zero-order valence-electron chi connectivity index (χ0n) is 10.6. The third-order valence-corrected chi connectivity index (χ3v) is 2.91. The van der Waals surface area contributed by atoms with Crippen LogP contribution in [0, 0.1) is 6.92 Å². The first-order valence-corrected chi connectivity index (χ1v) is 6.02. The molecule has 0 aliphatic carbocycles. The number of para-hydroxylation sites is 1. The lowest BCUT2D eigenvalue weighted by molar-refractivity contribution is 0.102. The number of benzene rings is 1. The minimum absolute atomic E-state index is 0.0872. The van der Waals surface area contributed by atoms with Crippen LogP contribution in [0.15, 0.2) is 42.7 Å². The molecule has 0 bridgehead atoms. The van der Waals surface area contributed by atoms with E-state index in [-0.39, 0.29) is 5.91 Å². The van der Waals surface area contributed by atoms with Crippen LogP contribution in [0.4, 0.5) is 5.69 Å². The molecule has 0 atom stereocenters. The molecule has 2 aromatic rings. The van der Waals surface area contributed by atoms with Crippen LogP contribution in [-0.4, -0.2) is 10.9 Å². The van der Waals surface area contributed by atoms with Gasteiger partial charge in [-0.2, -0.15) is 0 Å². The normalized spacial score (nSPS) is 10.1. The standard InChI is InChI=1S/C15H16N2O/c1-3-12-6-4-5-7-14(12)17-15(18)13-8-9-16-10-11(13)2/h4-10H,3H2,1-2H3,(H,17,18). The van der Waals surface area contributed by atoms with Crippen molar-refractivity contribution in [1.29, 1.82) is 0 Å². The Kier molecular flexibility index (Phi) is 3.72. The summed E-state index contributed by atoms with van der Waals surface area (Å²) in [5.41, 5.74) is 3.55. The van der Waals surface area contributed by atoms with Crippen molar-refractivity contribution in [2.24, 2.45) is 0 Å². The molecule has 0 unspecified atom stereocenters. The van der Waals surface area contributed by atoms with Crippen LogP contribution < -0.4 is 5.32 Å². The summed E-state index contributed by atoms with van der Waals surface area (Å²) in [5, 5.41) is 2.95. The van der Waals surface area contributed by atoms with Crippen molar-refractivity contribution >= 4 is 11.6 Å². The first kappa shape index (κ1) is 12.3. The molecule has 0 radical (unpaired) electrons. The van der Waals surface area contributed by atoms with Crippen molar-refractivity contribution < 1.29 is 4.79 Å². The molecule has 0 saturated carbocycles. The number of aromatic nitrogens is 1. The Morgan fingerprint density at radius 1 is 1.28 bits per heavy atom. The summed E-state index contributed by atoms with van der Waals surface area (Å²) < 4.78 is 0. The van der Waals surface area contributed by atoms with Gasteiger partial charge in [0.25, 0.3) is 5.91 Å². The second-order valence-electron chi connectivity index (χ2n) is 4.16. The molecule has 0 aliphatic heterocycles. The summed E-state index contributed by atoms with van der Waals surface area (Å²) in [5.74, 6) is -0.0872. The van der Waals surface area contributed by atoms with Gasteiger partial charge in [0, 0.05) is 23.6 Å². The number of carbonyl (C=O) groups is 1. The molecule has 3 nitrogen and oxygen atoms in total. The minimum Gasteiger partial charge on any atom is -0.322 e. The van der Waals surface area contributed by atoms with E-state index in [1.165, 1.54) is 0 Å². The maximum absolute atomic E-state index is 12.2. The van der Waals surface area contributed by atoms with Crippen molar-refractivity contribution in [1.82, 2.24) is 4.98 Å². The molecule has 0 spiro atoms. The lowest BCUT2D eigenvalue weighted by Gasteiger charge is -2.10. The number of anilines is 1. The number of amides is 1. The lowest BCUT2D eigenvalue weighted by Crippen LogP contribution is -2.14. The number of aryl methyl sites for hydroxylation is 2. The van der Waals surface area contributed by atoms with Gasteiger partial charge < -0.3 is 5.32 Å². The number of hydrogen-bond acceptors (Lipinski definition) is 2. The second kappa shape index (κ2) is 5.45. The molecule has 0 aliphatic rings. The zero-order chi connectivity index (χ0) is 13.0. The summed E-state index contributed by atoms with van der Waals surface area (Å²) in [6, 6.07) is 9.59. The van der Waals surface area contributed by atoms with Gasteiger partial charge in [-0.1, -0.05) is 25.1 Å². The van der Waals surface area contributed by atoms with Crippen LogP contribution in [0.5, 0.6) is 0 Å². The first-order chi connectivity index (χ1) is 8.72. The highest BCUT2D eigenvalue weighted by Crippen LogP contribution is 2.17. The van der Waals surface area contributed by atoms with Gasteiger partial charge in [-0.05, 0) is 36.6 Å². The number of pyridine rings is 1. The topological polar surface area (TPSA) is 42.0 Å². The highest BCUT2D eigenvalue weighted by atomic mass is 16.1. The predicted octanol–water partition coefficient (Wildman–Crippen LogP) is 3.20. The number of hydrogen-bond donors (Lipinski definition) is 1. The van der Waals surface area contributed by atoms with E-state index in [0.717, 1.165) is 23.2 Å². The third kappa shape index (κ3) is 2.56. The van der Waals surface area contributed by atoms with Crippen LogP contribution in [0.25, 0.3) is 0 Å². The van der Waals surface area contributed by atoms with Crippen molar-refractivity contribution in [2.45, 2.75) is 20.3 Å². The molecule has 1 aromatic carbocycles. The molecule has 18 heavy (non-hydrogen) atoms. The summed E-state index contributed by atoms with van der Waals surface area (Å²) >= 11 is 0. The van der Waals surface area contributed by atoms with Crippen molar-refractivity contribution in [3.05, 3.63) is 59.4 Å². The Labute approximate surface area is 107 Å². The number of rotatable bonds is 3. The Morgan fingerprint density at radius 3 is 2.78 bits per heavy atom. The summed E-state index contributed by atoms with van der Waals surface area (Å²) in [7, 11) is 0. The largest absolute Gasteiger partial charge is 0.322 e. The highest BCUT2D eigenvalue weighted by molar-refractivity contribution is 6.05. The average molecular weight is 240 g/mol. The van der Waals surface area contributed by atoms with Gasteiger partial charge in [-0.15, -0.1) is 0 Å². The van der Waals surface area contributed by atoms with E-state index in [2.05, 4.69) is 17.2 Å². The molecule has 0 fully saturated rings. The molecule has 1 N–H and O–H groups in total. The monoisotopic (exact) mass is 240 g/mol. The SMILES string of the molecule is CCc1ccccc1NC(=O)c1ccncc1C. The lowest BCUT2D eigenvalue weighted by atomic mass is 10.1. The van der Waals surface area contributed by atoms with Crippen LogP contribution in [0.2, 0.25) is 0 Å². The van der Waals surface area contributed by atoms with E-state index in [4.69, 9.17) is 0 Å². The summed E-state index contributed by atoms with van der Waals surface area (Å²) in [6.07, 6.45) is 4.22. The molecule has 1 aromatic heterocycles. The van der Waals surface area contributed by atoms with E-state index in [9.17, 15) is 4.79 Å². The van der Waals surface area contributed by atoms with E-state index >= 15 is 0 Å². The fourth-order valence-electron chi connectivity index (χ4n) is 1.87. The molecular weight excluding hydrogens is 224 g/mol. The van der Waals surface area contributed by atoms with E-state index in [1.807, 2.05) is 31.2 Å². The van der Waals surface area contributed by atoms with Gasteiger partial charge in [0.1, 0.15) is 0 Å². The molecule has 1 amide bonds. The smallest absolute Gasteiger partial charge is 0.256 e. The zero-order valence-corrected chi connectivity index (χ0v) is 10.6. The summed E-state index contributed by atoms with van der Waals surface area (Å²) in [6.45, 7) is 3.95. The minimum atomic E-state index is -0.0872. The van der Waals surface area contributed by atoms with Gasteiger partial charge in [0.05, 0.1) is 0 Å². The van der Waals surface area contributed by atoms with Crippen molar-refractivity contribution in [3.63, 3.8) is 0 Å². The van der Waals surface area contributed by atoms with Crippen LogP contribution in [-0.2, 0) is 6.42 Å². The quantitative estimate of drug-likeness (QED) is 0.895. The van der Waals surface area contributed by atoms with E-state index in [1.54, 1.807) is 18.5 Å². The van der Waals surface area contributed by atoms with Crippen molar-refractivity contribution in [2.75, 3.05) is 5.32 Å². The molecular formula is C15H16N2O. The van der Waals surface area contributed by atoms with Gasteiger partial charge in [-0.3, -0.25) is 9.78 Å². The molecule has 3 heteroatoms. The van der Waals surface area contributed by atoms with Gasteiger partial charge in [-0.25, -0.2) is 0 Å². The third-order valence-electron chi connectivity index (χ3n) is 2.91. The van der Waals surface area contributed by atoms with Crippen LogP contribution in [0.1, 0.15) is 28.4 Å². The van der Waals surface area contributed by atoms with Gasteiger partial charge in [0.2, 0.25) is 0 Å². The maximum atomic E-state index is 12.2. The Hall–Kier alpha value is -2.16. The number of nitrogens with one attached hydrogen (secondary N) is 1. The Balaban J connectivity index is 2.24. The Bertz CT molecular complexity index is 564.